The molecule has 74 valence electrons. The summed E-state index contributed by atoms with van der Waals surface area (Å²) in [6, 6.07) is 3.71. The minimum absolute atomic E-state index is 0.0281. The predicted octanol–water partition coefficient (Wildman–Crippen LogP) is 1.99. The Balaban J connectivity index is 2.18. The maximum absolute atomic E-state index is 11.2. The van der Waals surface area contributed by atoms with Gasteiger partial charge in [-0.1, -0.05) is 0 Å². The van der Waals surface area contributed by atoms with E-state index in [9.17, 15) is 9.59 Å². The molecule has 0 N–H and O–H groups in total. The highest BCUT2D eigenvalue weighted by Gasteiger charge is 2.28. The van der Waals surface area contributed by atoms with Crippen molar-refractivity contribution < 1.29 is 14.0 Å². The van der Waals surface area contributed by atoms with E-state index in [2.05, 4.69) is 0 Å². The summed E-state index contributed by atoms with van der Waals surface area (Å²) >= 11 is 0. The third kappa shape index (κ3) is 1.76. The van der Waals surface area contributed by atoms with Crippen LogP contribution in [0.3, 0.4) is 0 Å². The molecular formula is C11H12O3. The Hall–Kier alpha value is -1.38. The molecule has 3 nitrogen and oxygen atoms in total. The van der Waals surface area contributed by atoms with Crippen molar-refractivity contribution in [3.63, 3.8) is 0 Å². The Labute approximate surface area is 82.1 Å². The smallest absolute Gasteiger partial charge is 0.140 e. The summed E-state index contributed by atoms with van der Waals surface area (Å²) in [5.74, 6) is 1.62. The Morgan fingerprint density at radius 3 is 2.36 bits per heavy atom. The second-order valence-electron chi connectivity index (χ2n) is 3.81. The number of carbonyl (C=O) groups excluding carboxylic acids is 2. The van der Waals surface area contributed by atoms with Crippen molar-refractivity contribution in [2.45, 2.75) is 32.1 Å². The van der Waals surface area contributed by atoms with Crippen molar-refractivity contribution in [2.24, 2.45) is 0 Å². The quantitative estimate of drug-likeness (QED) is 0.639. The van der Waals surface area contributed by atoms with Gasteiger partial charge in [0.05, 0.1) is 6.42 Å². The van der Waals surface area contributed by atoms with Crippen molar-refractivity contribution in [3.05, 3.63) is 23.7 Å². The largest absolute Gasteiger partial charge is 0.466 e. The molecule has 1 heterocycles. The Morgan fingerprint density at radius 2 is 1.86 bits per heavy atom. The van der Waals surface area contributed by atoms with E-state index < -0.39 is 0 Å². The van der Waals surface area contributed by atoms with Crippen LogP contribution in [-0.2, 0) is 9.59 Å². The van der Waals surface area contributed by atoms with Crippen LogP contribution in [0.5, 0.6) is 0 Å². The predicted molar refractivity (Wildman–Crippen MR) is 50.1 cm³/mol. The molecule has 1 aromatic rings. The van der Waals surface area contributed by atoms with Crippen molar-refractivity contribution in [3.8, 4) is 0 Å². The zero-order chi connectivity index (χ0) is 10.1. The zero-order valence-electron chi connectivity index (χ0n) is 8.08. The second kappa shape index (κ2) is 3.40. The van der Waals surface area contributed by atoms with Crippen LogP contribution in [0.1, 0.15) is 36.7 Å². The van der Waals surface area contributed by atoms with Crippen molar-refractivity contribution >= 4 is 11.6 Å². The molecule has 0 amide bonds. The van der Waals surface area contributed by atoms with Gasteiger partial charge < -0.3 is 4.42 Å². The lowest BCUT2D eigenvalue weighted by Crippen LogP contribution is -2.20. The van der Waals surface area contributed by atoms with Crippen molar-refractivity contribution in [1.29, 1.82) is 0 Å². The molecule has 1 aliphatic carbocycles. The first kappa shape index (κ1) is 9.19. The molecule has 0 aliphatic heterocycles. The van der Waals surface area contributed by atoms with Gasteiger partial charge in [-0.25, -0.2) is 0 Å². The van der Waals surface area contributed by atoms with Crippen molar-refractivity contribution in [1.82, 2.24) is 0 Å². The van der Waals surface area contributed by atoms with Crippen LogP contribution in [0.25, 0.3) is 0 Å². The molecule has 3 heteroatoms. The van der Waals surface area contributed by atoms with Crippen LogP contribution in [0, 0.1) is 6.92 Å². The third-order valence-electron chi connectivity index (χ3n) is 2.51. The monoisotopic (exact) mass is 192 g/mol. The Bertz CT molecular complexity index is 360. The molecule has 0 spiro atoms. The van der Waals surface area contributed by atoms with E-state index in [0.29, 0.717) is 12.8 Å². The SMILES string of the molecule is Cc1ccc(C2CC(=O)CC(=O)C2)o1. The minimum atomic E-state index is -0.0301. The maximum Gasteiger partial charge on any atom is 0.140 e. The minimum Gasteiger partial charge on any atom is -0.466 e. The van der Waals surface area contributed by atoms with E-state index in [0.717, 1.165) is 11.5 Å². The summed E-state index contributed by atoms with van der Waals surface area (Å²) in [4.78, 5) is 22.4. The zero-order valence-corrected chi connectivity index (χ0v) is 8.08. The fraction of sp³-hybridized carbons (Fsp3) is 0.455. The lowest BCUT2D eigenvalue weighted by molar-refractivity contribution is -0.130. The summed E-state index contributed by atoms with van der Waals surface area (Å²) in [6.45, 7) is 1.86. The van der Waals surface area contributed by atoms with Crippen LogP contribution in [0.2, 0.25) is 0 Å². The summed E-state index contributed by atoms with van der Waals surface area (Å²) in [6.07, 6.45) is 0.994. The van der Waals surface area contributed by atoms with Crippen LogP contribution in [-0.4, -0.2) is 11.6 Å². The second-order valence-corrected chi connectivity index (χ2v) is 3.81. The molecule has 0 unspecified atom stereocenters. The molecule has 0 atom stereocenters. The number of ketones is 2. The van der Waals surface area contributed by atoms with Gasteiger partial charge in [0.15, 0.2) is 0 Å². The van der Waals surface area contributed by atoms with Gasteiger partial charge in [-0.05, 0) is 19.1 Å². The topological polar surface area (TPSA) is 47.3 Å². The average molecular weight is 192 g/mol. The summed E-state index contributed by atoms with van der Waals surface area (Å²) in [7, 11) is 0. The van der Waals surface area contributed by atoms with Gasteiger partial charge in [-0.3, -0.25) is 9.59 Å². The molecular weight excluding hydrogens is 180 g/mol. The number of furan rings is 1. The number of carbonyl (C=O) groups is 2. The van der Waals surface area contributed by atoms with Crippen molar-refractivity contribution in [2.75, 3.05) is 0 Å². The van der Waals surface area contributed by atoms with Gasteiger partial charge in [-0.15, -0.1) is 0 Å². The third-order valence-corrected chi connectivity index (χ3v) is 2.51. The highest BCUT2D eigenvalue weighted by Crippen LogP contribution is 2.30. The first-order valence-corrected chi connectivity index (χ1v) is 4.75. The molecule has 2 rings (SSSR count). The van der Waals surface area contributed by atoms with Crippen LogP contribution in [0.4, 0.5) is 0 Å². The molecule has 1 aromatic heterocycles. The number of aryl methyl sites for hydroxylation is 1. The van der Waals surface area contributed by atoms with E-state index in [1.807, 2.05) is 19.1 Å². The molecule has 1 saturated carbocycles. The lowest BCUT2D eigenvalue weighted by Gasteiger charge is -2.17. The highest BCUT2D eigenvalue weighted by molar-refractivity contribution is 6.02. The first-order valence-electron chi connectivity index (χ1n) is 4.75. The Kier molecular flexibility index (Phi) is 2.23. The lowest BCUT2D eigenvalue weighted by atomic mass is 9.86. The fourth-order valence-electron chi connectivity index (χ4n) is 1.86. The van der Waals surface area contributed by atoms with Crippen LogP contribution < -0.4 is 0 Å². The fourth-order valence-corrected chi connectivity index (χ4v) is 1.86. The van der Waals surface area contributed by atoms with Crippen LogP contribution in [0.15, 0.2) is 16.5 Å². The van der Waals surface area contributed by atoms with Gasteiger partial charge in [0.1, 0.15) is 23.1 Å². The number of hydrogen-bond acceptors (Lipinski definition) is 3. The van der Waals surface area contributed by atoms with E-state index in [4.69, 9.17) is 4.42 Å². The summed E-state index contributed by atoms with van der Waals surface area (Å²) in [5, 5.41) is 0. The standard InChI is InChI=1S/C11H12O3/c1-7-2-3-11(14-7)8-4-9(12)6-10(13)5-8/h2-3,8H,4-6H2,1H3. The van der Waals surface area contributed by atoms with E-state index in [-0.39, 0.29) is 23.9 Å². The molecule has 1 aliphatic rings. The van der Waals surface area contributed by atoms with E-state index in [1.165, 1.54) is 0 Å². The van der Waals surface area contributed by atoms with Gasteiger partial charge in [-0.2, -0.15) is 0 Å². The first-order chi connectivity index (χ1) is 6.65. The Morgan fingerprint density at radius 1 is 1.21 bits per heavy atom. The average Bonchev–Trinajstić information content (AvgIpc) is 2.50. The molecule has 0 aromatic carbocycles. The van der Waals surface area contributed by atoms with E-state index in [1.54, 1.807) is 0 Å². The summed E-state index contributed by atoms with van der Waals surface area (Å²) < 4.78 is 5.42. The molecule has 0 radical (unpaired) electrons. The van der Waals surface area contributed by atoms with Gasteiger partial charge in [0, 0.05) is 18.8 Å². The molecule has 0 saturated heterocycles. The highest BCUT2D eigenvalue weighted by atomic mass is 16.3. The molecule has 0 bridgehead atoms. The van der Waals surface area contributed by atoms with Gasteiger partial charge in [0.25, 0.3) is 0 Å². The number of rotatable bonds is 1. The number of Topliss-reactive ketones (excluding diaryl/α,β-unsaturated/α-hetero) is 2. The maximum atomic E-state index is 11.2. The normalized spacial score (nSPS) is 18.9. The summed E-state index contributed by atoms with van der Waals surface area (Å²) in [5.41, 5.74) is 0. The van der Waals surface area contributed by atoms with Gasteiger partial charge in [0.2, 0.25) is 0 Å². The van der Waals surface area contributed by atoms with Gasteiger partial charge >= 0.3 is 0 Å². The van der Waals surface area contributed by atoms with E-state index >= 15 is 0 Å². The van der Waals surface area contributed by atoms with Crippen LogP contribution >= 0.6 is 0 Å². The molecule has 1 fully saturated rings. The molecule has 14 heavy (non-hydrogen) atoms. The number of hydrogen-bond donors (Lipinski definition) is 0.